The van der Waals surface area contributed by atoms with Crippen LogP contribution in [0.5, 0.6) is 0 Å². The van der Waals surface area contributed by atoms with E-state index in [-0.39, 0.29) is 0 Å². The Balaban J connectivity index is 2.59. The predicted octanol–water partition coefficient (Wildman–Crippen LogP) is 1.39. The Morgan fingerprint density at radius 2 is 1.88 bits per heavy atom. The third-order valence-corrected chi connectivity index (χ3v) is 4.29. The lowest BCUT2D eigenvalue weighted by Crippen LogP contribution is -2.56. The Kier molecular flexibility index (Phi) is 5.73. The van der Waals surface area contributed by atoms with Crippen molar-refractivity contribution in [3.8, 4) is 0 Å². The lowest BCUT2D eigenvalue weighted by atomic mass is 9.92. The van der Waals surface area contributed by atoms with Gasteiger partial charge in [0.05, 0.1) is 0 Å². The molecule has 0 bridgehead atoms. The lowest BCUT2D eigenvalue weighted by Gasteiger charge is -2.43. The van der Waals surface area contributed by atoms with Gasteiger partial charge in [0.2, 0.25) is 0 Å². The lowest BCUT2D eigenvalue weighted by molar-refractivity contribution is 0.0500. The third-order valence-electron chi connectivity index (χ3n) is 4.29. The molecule has 2 atom stereocenters. The van der Waals surface area contributed by atoms with Gasteiger partial charge in [0.1, 0.15) is 0 Å². The molecule has 0 aromatic heterocycles. The van der Waals surface area contributed by atoms with Gasteiger partial charge in [-0.05, 0) is 19.9 Å². The van der Waals surface area contributed by atoms with E-state index < -0.39 is 0 Å². The minimum Gasteiger partial charge on any atom is -0.329 e. The first-order valence-corrected chi connectivity index (χ1v) is 6.78. The highest BCUT2D eigenvalue weighted by Crippen LogP contribution is 2.20. The molecule has 0 amide bonds. The van der Waals surface area contributed by atoms with Crippen molar-refractivity contribution < 1.29 is 0 Å². The quantitative estimate of drug-likeness (QED) is 0.770. The molecule has 1 fully saturated rings. The maximum absolute atomic E-state index is 5.98. The van der Waals surface area contributed by atoms with Crippen molar-refractivity contribution in [1.82, 2.24) is 9.80 Å². The molecule has 16 heavy (non-hydrogen) atoms. The maximum atomic E-state index is 5.98. The number of nitrogens with two attached hydrogens (primary N) is 1. The predicted molar refractivity (Wildman–Crippen MR) is 70.6 cm³/mol. The molecule has 1 aliphatic rings. The number of hydrogen-bond acceptors (Lipinski definition) is 3. The van der Waals surface area contributed by atoms with Gasteiger partial charge < -0.3 is 10.6 Å². The van der Waals surface area contributed by atoms with E-state index in [9.17, 15) is 0 Å². The van der Waals surface area contributed by atoms with Crippen molar-refractivity contribution >= 4 is 0 Å². The van der Waals surface area contributed by atoms with E-state index in [0.29, 0.717) is 12.1 Å². The van der Waals surface area contributed by atoms with Crippen molar-refractivity contribution in [3.05, 3.63) is 0 Å². The minimum atomic E-state index is 0.589. The molecule has 96 valence electrons. The van der Waals surface area contributed by atoms with Crippen LogP contribution >= 0.6 is 0 Å². The van der Waals surface area contributed by atoms with Crippen LogP contribution < -0.4 is 5.73 Å². The number of nitrogens with zero attached hydrogens (tertiary/aromatic N) is 2. The Labute approximate surface area is 101 Å². The van der Waals surface area contributed by atoms with Crippen LogP contribution in [0.2, 0.25) is 0 Å². The van der Waals surface area contributed by atoms with Gasteiger partial charge >= 0.3 is 0 Å². The molecular weight excluding hydrogens is 198 g/mol. The first-order valence-electron chi connectivity index (χ1n) is 6.78. The highest BCUT2D eigenvalue weighted by atomic mass is 15.3. The van der Waals surface area contributed by atoms with E-state index in [1.165, 1.54) is 32.5 Å². The second kappa shape index (κ2) is 6.58. The average molecular weight is 227 g/mol. The van der Waals surface area contributed by atoms with E-state index in [1.807, 2.05) is 0 Å². The summed E-state index contributed by atoms with van der Waals surface area (Å²) in [5, 5.41) is 0. The zero-order chi connectivity index (χ0) is 12.1. The van der Waals surface area contributed by atoms with Crippen LogP contribution in [-0.4, -0.2) is 55.1 Å². The minimum absolute atomic E-state index is 0.589. The van der Waals surface area contributed by atoms with Crippen LogP contribution in [0, 0.1) is 5.92 Å². The molecule has 0 radical (unpaired) electrons. The zero-order valence-electron chi connectivity index (χ0n) is 11.4. The van der Waals surface area contributed by atoms with Crippen molar-refractivity contribution in [2.24, 2.45) is 11.7 Å². The molecule has 2 N–H and O–H groups in total. The van der Waals surface area contributed by atoms with Crippen LogP contribution in [0.4, 0.5) is 0 Å². The first kappa shape index (κ1) is 13.9. The van der Waals surface area contributed by atoms with E-state index >= 15 is 0 Å². The van der Waals surface area contributed by atoms with Gasteiger partial charge in [-0.3, -0.25) is 4.90 Å². The standard InChI is InChI=1S/C13H29N3/c1-5-12(6-2)13(9-14)16-8-7-15(4)11(3)10-16/h11-13H,5-10,14H2,1-4H3. The molecule has 3 heteroatoms. The molecule has 1 aliphatic heterocycles. The molecule has 0 spiro atoms. The normalized spacial score (nSPS) is 26.2. The summed E-state index contributed by atoms with van der Waals surface area (Å²) in [5.74, 6) is 0.764. The topological polar surface area (TPSA) is 32.5 Å². The van der Waals surface area contributed by atoms with Crippen LogP contribution in [0.1, 0.15) is 33.6 Å². The van der Waals surface area contributed by atoms with Crippen molar-refractivity contribution in [2.45, 2.75) is 45.7 Å². The largest absolute Gasteiger partial charge is 0.329 e. The molecule has 0 aliphatic carbocycles. The third kappa shape index (κ3) is 3.19. The molecule has 3 nitrogen and oxygen atoms in total. The molecule has 2 unspecified atom stereocenters. The summed E-state index contributed by atoms with van der Waals surface area (Å²) in [5.41, 5.74) is 5.98. The maximum Gasteiger partial charge on any atom is 0.0247 e. The summed E-state index contributed by atoms with van der Waals surface area (Å²) in [6.45, 7) is 11.2. The highest BCUT2D eigenvalue weighted by Gasteiger charge is 2.29. The average Bonchev–Trinajstić information content (AvgIpc) is 2.29. The summed E-state index contributed by atoms with van der Waals surface area (Å²) < 4.78 is 0. The van der Waals surface area contributed by atoms with E-state index in [4.69, 9.17) is 5.73 Å². The summed E-state index contributed by atoms with van der Waals surface area (Å²) in [6, 6.07) is 1.25. The monoisotopic (exact) mass is 227 g/mol. The van der Waals surface area contributed by atoms with Gasteiger partial charge in [-0.25, -0.2) is 0 Å². The van der Waals surface area contributed by atoms with Gasteiger partial charge in [-0.2, -0.15) is 0 Å². The Hall–Kier alpha value is -0.120. The molecule has 0 aromatic carbocycles. The van der Waals surface area contributed by atoms with Gasteiger partial charge in [-0.15, -0.1) is 0 Å². The van der Waals surface area contributed by atoms with Crippen LogP contribution in [0.15, 0.2) is 0 Å². The fourth-order valence-electron chi connectivity index (χ4n) is 2.85. The van der Waals surface area contributed by atoms with Gasteiger partial charge in [-0.1, -0.05) is 26.7 Å². The molecule has 1 heterocycles. The zero-order valence-corrected chi connectivity index (χ0v) is 11.4. The fourth-order valence-corrected chi connectivity index (χ4v) is 2.85. The van der Waals surface area contributed by atoms with E-state index in [0.717, 1.165) is 12.5 Å². The SMILES string of the molecule is CCC(CC)C(CN)N1CCN(C)C(C)C1. The first-order chi connectivity index (χ1) is 7.63. The summed E-state index contributed by atoms with van der Waals surface area (Å²) in [4.78, 5) is 5.05. The van der Waals surface area contributed by atoms with E-state index in [1.54, 1.807) is 0 Å². The second-order valence-electron chi connectivity index (χ2n) is 5.20. The molecule has 0 saturated carbocycles. The van der Waals surface area contributed by atoms with Gasteiger partial charge in [0.25, 0.3) is 0 Å². The van der Waals surface area contributed by atoms with Gasteiger partial charge in [0.15, 0.2) is 0 Å². The highest BCUT2D eigenvalue weighted by molar-refractivity contribution is 4.85. The second-order valence-corrected chi connectivity index (χ2v) is 5.20. The summed E-state index contributed by atoms with van der Waals surface area (Å²) in [6.07, 6.45) is 2.50. The Morgan fingerprint density at radius 3 is 2.31 bits per heavy atom. The van der Waals surface area contributed by atoms with Crippen LogP contribution in [-0.2, 0) is 0 Å². The van der Waals surface area contributed by atoms with E-state index in [2.05, 4.69) is 37.6 Å². The number of rotatable bonds is 5. The summed E-state index contributed by atoms with van der Waals surface area (Å²) in [7, 11) is 2.22. The Bertz CT molecular complexity index is 192. The molecule has 1 rings (SSSR count). The smallest absolute Gasteiger partial charge is 0.0247 e. The van der Waals surface area contributed by atoms with Gasteiger partial charge in [0, 0.05) is 38.3 Å². The Morgan fingerprint density at radius 1 is 1.25 bits per heavy atom. The molecular formula is C13H29N3. The molecule has 1 saturated heterocycles. The van der Waals surface area contributed by atoms with Crippen molar-refractivity contribution in [3.63, 3.8) is 0 Å². The molecule has 0 aromatic rings. The van der Waals surface area contributed by atoms with Crippen molar-refractivity contribution in [1.29, 1.82) is 0 Å². The fraction of sp³-hybridized carbons (Fsp3) is 1.00. The number of piperazine rings is 1. The van der Waals surface area contributed by atoms with Crippen LogP contribution in [0.3, 0.4) is 0 Å². The summed E-state index contributed by atoms with van der Waals surface area (Å²) >= 11 is 0. The van der Waals surface area contributed by atoms with Crippen LogP contribution in [0.25, 0.3) is 0 Å². The van der Waals surface area contributed by atoms with Crippen molar-refractivity contribution in [2.75, 3.05) is 33.2 Å². The number of hydrogen-bond donors (Lipinski definition) is 1. The number of likely N-dealkylation sites (N-methyl/N-ethyl adjacent to an activating group) is 1.